The third-order valence-corrected chi connectivity index (χ3v) is 7.55. The molecule has 0 spiro atoms. The van der Waals surface area contributed by atoms with Gasteiger partial charge in [0.25, 0.3) is 0 Å². The molecule has 1 aromatic heterocycles. The van der Waals surface area contributed by atoms with Gasteiger partial charge in [0.1, 0.15) is 0 Å². The van der Waals surface area contributed by atoms with Crippen molar-refractivity contribution >= 4 is 21.9 Å². The van der Waals surface area contributed by atoms with Gasteiger partial charge in [-0.2, -0.15) is 0 Å². The molecule has 1 saturated heterocycles. The zero-order chi connectivity index (χ0) is 20.7. The zero-order valence-corrected chi connectivity index (χ0v) is 16.9. The van der Waals surface area contributed by atoms with Crippen molar-refractivity contribution in [2.45, 2.75) is 37.4 Å². The molecule has 10 heteroatoms. The number of rotatable bonds is 5. The van der Waals surface area contributed by atoms with E-state index in [0.717, 1.165) is 50.9 Å². The molecular weight excluding hydrogens is 396 g/mol. The Morgan fingerprint density at radius 3 is 2.41 bits per heavy atom. The number of nitrogens with zero attached hydrogens (tertiary/aromatic N) is 2. The van der Waals surface area contributed by atoms with Crippen LogP contribution in [0.1, 0.15) is 32.1 Å². The highest BCUT2D eigenvalue weighted by Crippen LogP contribution is 2.29. The molecule has 1 aromatic carbocycles. The second kappa shape index (κ2) is 9.84. The van der Waals surface area contributed by atoms with Crippen molar-refractivity contribution < 1.29 is 23.1 Å². The van der Waals surface area contributed by atoms with E-state index < -0.39 is 15.9 Å². The van der Waals surface area contributed by atoms with Gasteiger partial charge in [-0.3, -0.25) is 5.32 Å². The topological polar surface area (TPSA) is 134 Å². The Labute approximate surface area is 169 Å². The Morgan fingerprint density at radius 2 is 1.83 bits per heavy atom. The predicted molar refractivity (Wildman–Crippen MR) is 108 cm³/mol. The molecule has 0 unspecified atom stereocenters. The van der Waals surface area contributed by atoms with Crippen LogP contribution in [0, 0.1) is 5.92 Å². The monoisotopic (exact) mass is 422 g/mol. The predicted octanol–water partition coefficient (Wildman–Crippen LogP) is 2.94. The number of amides is 1. The SMILES string of the molecule is O=C(O)Nc1nnc(-c2ccccc2)[nH]1.O=S(=O)(CC1CCOCC1)C1CCC1. The Hall–Kier alpha value is -2.46. The summed E-state index contributed by atoms with van der Waals surface area (Å²) in [5, 5.41) is 18.0. The second-order valence-electron chi connectivity index (χ2n) is 7.26. The van der Waals surface area contributed by atoms with Crippen molar-refractivity contribution in [3.63, 3.8) is 0 Å². The fourth-order valence-electron chi connectivity index (χ4n) is 3.25. The summed E-state index contributed by atoms with van der Waals surface area (Å²) in [5.74, 6) is 1.40. The highest BCUT2D eigenvalue weighted by Gasteiger charge is 2.33. The lowest BCUT2D eigenvalue weighted by molar-refractivity contribution is 0.0722. The lowest BCUT2D eigenvalue weighted by Gasteiger charge is -2.28. The average Bonchev–Trinajstić information content (AvgIpc) is 3.09. The number of carbonyl (C=O) groups is 1. The largest absolute Gasteiger partial charge is 0.465 e. The number of sulfone groups is 1. The van der Waals surface area contributed by atoms with E-state index in [2.05, 4.69) is 20.5 Å². The minimum atomic E-state index is -2.78. The van der Waals surface area contributed by atoms with E-state index in [1.807, 2.05) is 30.3 Å². The molecule has 1 aliphatic heterocycles. The fourth-order valence-corrected chi connectivity index (χ4v) is 5.57. The van der Waals surface area contributed by atoms with E-state index in [0.29, 0.717) is 17.5 Å². The molecule has 158 valence electrons. The van der Waals surface area contributed by atoms with E-state index in [4.69, 9.17) is 9.84 Å². The maximum absolute atomic E-state index is 11.8. The quantitative estimate of drug-likeness (QED) is 0.674. The van der Waals surface area contributed by atoms with Crippen molar-refractivity contribution in [2.24, 2.45) is 5.92 Å². The van der Waals surface area contributed by atoms with Crippen molar-refractivity contribution in [2.75, 3.05) is 24.3 Å². The van der Waals surface area contributed by atoms with Crippen LogP contribution in [0.5, 0.6) is 0 Å². The first-order valence-electron chi connectivity index (χ1n) is 9.71. The van der Waals surface area contributed by atoms with Gasteiger partial charge in [-0.1, -0.05) is 36.8 Å². The molecule has 4 rings (SSSR count). The summed E-state index contributed by atoms with van der Waals surface area (Å²) in [4.78, 5) is 13.1. The molecule has 1 amide bonds. The van der Waals surface area contributed by atoms with Crippen LogP contribution in [0.25, 0.3) is 11.4 Å². The first-order valence-corrected chi connectivity index (χ1v) is 11.4. The third-order valence-electron chi connectivity index (χ3n) is 5.13. The van der Waals surface area contributed by atoms with Crippen LogP contribution >= 0.6 is 0 Å². The maximum Gasteiger partial charge on any atom is 0.411 e. The number of aromatic nitrogens is 3. The Balaban J connectivity index is 0.000000166. The van der Waals surface area contributed by atoms with Gasteiger partial charge < -0.3 is 14.8 Å². The smallest absolute Gasteiger partial charge is 0.411 e. The Kier molecular flexibility index (Phi) is 7.21. The van der Waals surface area contributed by atoms with E-state index >= 15 is 0 Å². The van der Waals surface area contributed by atoms with Crippen LogP contribution in [0.15, 0.2) is 30.3 Å². The fraction of sp³-hybridized carbons (Fsp3) is 0.526. The van der Waals surface area contributed by atoms with Crippen LogP contribution in [0.2, 0.25) is 0 Å². The van der Waals surface area contributed by atoms with E-state index in [1.165, 1.54) is 0 Å². The van der Waals surface area contributed by atoms with E-state index in [1.54, 1.807) is 0 Å². The average molecular weight is 423 g/mol. The van der Waals surface area contributed by atoms with Crippen LogP contribution in [-0.4, -0.2) is 59.0 Å². The number of anilines is 1. The van der Waals surface area contributed by atoms with E-state index in [-0.39, 0.29) is 11.2 Å². The van der Waals surface area contributed by atoms with Gasteiger partial charge in [0, 0.05) is 18.8 Å². The first kappa shape index (κ1) is 21.3. The minimum Gasteiger partial charge on any atom is -0.465 e. The van der Waals surface area contributed by atoms with Gasteiger partial charge in [-0.15, -0.1) is 10.2 Å². The van der Waals surface area contributed by atoms with Crippen LogP contribution in [0.3, 0.4) is 0 Å². The van der Waals surface area contributed by atoms with Gasteiger partial charge >= 0.3 is 6.09 Å². The molecule has 2 fully saturated rings. The van der Waals surface area contributed by atoms with Gasteiger partial charge in [0.2, 0.25) is 5.95 Å². The van der Waals surface area contributed by atoms with Crippen LogP contribution < -0.4 is 5.32 Å². The van der Waals surface area contributed by atoms with Crippen molar-refractivity contribution in [1.82, 2.24) is 15.2 Å². The van der Waals surface area contributed by atoms with Gasteiger partial charge in [-0.05, 0) is 31.6 Å². The Morgan fingerprint density at radius 1 is 1.14 bits per heavy atom. The zero-order valence-electron chi connectivity index (χ0n) is 16.1. The number of ether oxygens (including phenoxy) is 1. The lowest BCUT2D eigenvalue weighted by atomic mass is 10.00. The molecule has 0 bridgehead atoms. The van der Waals surface area contributed by atoms with Crippen molar-refractivity contribution in [1.29, 1.82) is 0 Å². The highest BCUT2D eigenvalue weighted by atomic mass is 32.2. The number of hydrogen-bond acceptors (Lipinski definition) is 6. The Bertz CT molecular complexity index is 890. The summed E-state index contributed by atoms with van der Waals surface area (Å²) in [6.07, 6.45) is 3.55. The second-order valence-corrected chi connectivity index (χ2v) is 9.58. The lowest BCUT2D eigenvalue weighted by Crippen LogP contribution is -2.34. The maximum atomic E-state index is 11.8. The van der Waals surface area contributed by atoms with Crippen LogP contribution in [0.4, 0.5) is 10.7 Å². The number of carboxylic acid groups (broad SMARTS) is 1. The van der Waals surface area contributed by atoms with Gasteiger partial charge in [0.15, 0.2) is 15.7 Å². The summed E-state index contributed by atoms with van der Waals surface area (Å²) in [6.45, 7) is 1.48. The molecular formula is C19H26N4O5S. The molecule has 1 aliphatic carbocycles. The van der Waals surface area contributed by atoms with E-state index in [9.17, 15) is 13.2 Å². The van der Waals surface area contributed by atoms with Gasteiger partial charge in [-0.25, -0.2) is 13.2 Å². The molecule has 0 radical (unpaired) electrons. The number of benzene rings is 1. The molecule has 1 saturated carbocycles. The molecule has 9 nitrogen and oxygen atoms in total. The third kappa shape index (κ3) is 6.26. The summed E-state index contributed by atoms with van der Waals surface area (Å²) in [6, 6.07) is 9.32. The number of nitrogens with one attached hydrogen (secondary N) is 2. The highest BCUT2D eigenvalue weighted by molar-refractivity contribution is 7.92. The molecule has 2 aliphatic rings. The molecule has 2 aromatic rings. The minimum absolute atomic E-state index is 0.00894. The molecule has 0 atom stereocenters. The molecule has 3 N–H and O–H groups in total. The normalized spacial score (nSPS) is 17.7. The van der Waals surface area contributed by atoms with Crippen molar-refractivity contribution in [3.8, 4) is 11.4 Å². The standard InChI is InChI=1S/C10H18O3S.C9H8N4O2/c11-14(12,10-2-1-3-10)8-9-4-6-13-7-5-9;14-9(15)11-8-10-7(12-13-8)6-4-2-1-3-5-6/h9-10H,1-8H2;1-5H,(H,14,15)(H2,10,11,12,13). The first-order chi connectivity index (χ1) is 13.9. The summed E-state index contributed by atoms with van der Waals surface area (Å²) >= 11 is 0. The summed E-state index contributed by atoms with van der Waals surface area (Å²) in [7, 11) is -2.78. The number of aromatic amines is 1. The summed E-state index contributed by atoms with van der Waals surface area (Å²) < 4.78 is 28.9. The number of H-pyrrole nitrogens is 1. The summed E-state index contributed by atoms with van der Waals surface area (Å²) in [5.41, 5.74) is 0.850. The number of hydrogen-bond donors (Lipinski definition) is 3. The van der Waals surface area contributed by atoms with Crippen LogP contribution in [-0.2, 0) is 14.6 Å². The molecule has 29 heavy (non-hydrogen) atoms. The van der Waals surface area contributed by atoms with Crippen molar-refractivity contribution in [3.05, 3.63) is 30.3 Å². The van der Waals surface area contributed by atoms with Gasteiger partial charge in [0.05, 0.1) is 11.0 Å². The molecule has 2 heterocycles.